The van der Waals surface area contributed by atoms with E-state index < -0.39 is 6.16 Å². The van der Waals surface area contributed by atoms with E-state index in [0.717, 1.165) is 16.7 Å². The Balaban J connectivity index is 1.45. The minimum absolute atomic E-state index is 0.0915. The second kappa shape index (κ2) is 12.2. The number of benzene rings is 3. The van der Waals surface area contributed by atoms with Gasteiger partial charge in [0.1, 0.15) is 11.5 Å². The van der Waals surface area contributed by atoms with Gasteiger partial charge in [0.15, 0.2) is 6.61 Å². The van der Waals surface area contributed by atoms with Crippen molar-refractivity contribution < 1.29 is 28.6 Å². The summed E-state index contributed by atoms with van der Waals surface area (Å²) >= 11 is 0. The largest absolute Gasteiger partial charge is 0.513 e. The van der Waals surface area contributed by atoms with Crippen LogP contribution >= 0.6 is 0 Å². The normalized spacial score (nSPS) is 10.3. The Morgan fingerprint density at radius 2 is 1.60 bits per heavy atom. The fourth-order valence-corrected chi connectivity index (χ4v) is 3.13. The lowest BCUT2D eigenvalue weighted by Crippen LogP contribution is -2.23. The number of hydrogen-bond donors (Lipinski definition) is 2. The molecule has 0 saturated heterocycles. The lowest BCUT2D eigenvalue weighted by atomic mass is 10.1. The molecule has 2 N–H and O–H groups in total. The number of carbonyl (C=O) groups is 3. The molecule has 2 amide bonds. The summed E-state index contributed by atoms with van der Waals surface area (Å²) in [7, 11) is 0. The second-order valence-corrected chi connectivity index (χ2v) is 7.72. The molecule has 182 valence electrons. The highest BCUT2D eigenvalue weighted by atomic mass is 16.7. The molecule has 3 aromatic rings. The molecule has 8 heteroatoms. The first-order valence-electron chi connectivity index (χ1n) is 11.2. The first-order valence-corrected chi connectivity index (χ1v) is 11.2. The molecule has 0 spiro atoms. The van der Waals surface area contributed by atoms with Crippen LogP contribution in [0, 0.1) is 13.8 Å². The van der Waals surface area contributed by atoms with Gasteiger partial charge in [0.2, 0.25) is 0 Å². The summed E-state index contributed by atoms with van der Waals surface area (Å²) in [6.07, 6.45) is -0.793. The number of aryl methyl sites for hydroxylation is 1. The Kier molecular flexibility index (Phi) is 8.83. The van der Waals surface area contributed by atoms with Crippen molar-refractivity contribution in [3.63, 3.8) is 0 Å². The monoisotopic (exact) mass is 476 g/mol. The van der Waals surface area contributed by atoms with Crippen LogP contribution in [0.25, 0.3) is 0 Å². The standard InChI is InChI=1S/C27H28N2O6/c1-4-33-27(32)35-23-14-10-21(11-15-23)26(31)28-16-20-8-12-22(13-9-20)29-25(30)17-34-24-7-5-6-18(2)19(24)3/h5-15H,4,16-17H2,1-3H3,(H,28,31)(H,29,30). The van der Waals surface area contributed by atoms with Gasteiger partial charge >= 0.3 is 6.16 Å². The van der Waals surface area contributed by atoms with Crippen LogP contribution in [0.5, 0.6) is 11.5 Å². The fourth-order valence-electron chi connectivity index (χ4n) is 3.13. The van der Waals surface area contributed by atoms with Crippen LogP contribution in [-0.2, 0) is 16.1 Å². The highest BCUT2D eigenvalue weighted by Gasteiger charge is 2.09. The Hall–Kier alpha value is -4.33. The number of anilines is 1. The first kappa shape index (κ1) is 25.3. The quantitative estimate of drug-likeness (QED) is 0.340. The van der Waals surface area contributed by atoms with E-state index in [1.807, 2.05) is 44.2 Å². The van der Waals surface area contributed by atoms with Gasteiger partial charge < -0.3 is 24.8 Å². The van der Waals surface area contributed by atoms with E-state index in [9.17, 15) is 14.4 Å². The summed E-state index contributed by atoms with van der Waals surface area (Å²) in [4.78, 5) is 35.9. The SMILES string of the molecule is CCOC(=O)Oc1ccc(C(=O)NCc2ccc(NC(=O)COc3cccc(C)c3C)cc2)cc1. The zero-order valence-electron chi connectivity index (χ0n) is 19.9. The van der Waals surface area contributed by atoms with Crippen LogP contribution < -0.4 is 20.1 Å². The van der Waals surface area contributed by atoms with Gasteiger partial charge in [-0.05, 0) is 79.9 Å². The first-order chi connectivity index (χ1) is 16.9. The van der Waals surface area contributed by atoms with Crippen LogP contribution in [0.3, 0.4) is 0 Å². The number of ether oxygens (including phenoxy) is 3. The molecule has 0 atom stereocenters. The van der Waals surface area contributed by atoms with Crippen LogP contribution in [0.2, 0.25) is 0 Å². The molecular formula is C27H28N2O6. The number of nitrogens with one attached hydrogen (secondary N) is 2. The lowest BCUT2D eigenvalue weighted by Gasteiger charge is -2.11. The molecule has 0 saturated carbocycles. The molecule has 35 heavy (non-hydrogen) atoms. The van der Waals surface area contributed by atoms with Gasteiger partial charge in [0.05, 0.1) is 6.61 Å². The maximum atomic E-state index is 12.4. The zero-order chi connectivity index (χ0) is 25.2. The van der Waals surface area contributed by atoms with Gasteiger partial charge in [0.25, 0.3) is 11.8 Å². The minimum atomic E-state index is -0.793. The van der Waals surface area contributed by atoms with E-state index >= 15 is 0 Å². The molecule has 0 aliphatic heterocycles. The van der Waals surface area contributed by atoms with E-state index in [1.54, 1.807) is 31.2 Å². The van der Waals surface area contributed by atoms with Crippen molar-refractivity contribution in [3.8, 4) is 11.5 Å². The smallest absolute Gasteiger partial charge is 0.483 e. The summed E-state index contributed by atoms with van der Waals surface area (Å²) in [5.74, 6) is 0.445. The topological polar surface area (TPSA) is 103 Å². The minimum Gasteiger partial charge on any atom is -0.483 e. The maximum Gasteiger partial charge on any atom is 0.513 e. The number of rotatable bonds is 9. The third-order valence-corrected chi connectivity index (χ3v) is 5.18. The predicted molar refractivity (Wildman–Crippen MR) is 132 cm³/mol. The van der Waals surface area contributed by atoms with Gasteiger partial charge in [-0.2, -0.15) is 0 Å². The molecule has 0 bridgehead atoms. The van der Waals surface area contributed by atoms with E-state index in [0.29, 0.717) is 23.5 Å². The van der Waals surface area contributed by atoms with Crippen molar-refractivity contribution >= 4 is 23.7 Å². The summed E-state index contributed by atoms with van der Waals surface area (Å²) in [5.41, 5.74) is 4.03. The molecule has 3 rings (SSSR count). The van der Waals surface area contributed by atoms with Crippen LogP contribution in [0.1, 0.15) is 34.0 Å². The van der Waals surface area contributed by atoms with E-state index in [4.69, 9.17) is 14.2 Å². The Morgan fingerprint density at radius 3 is 2.29 bits per heavy atom. The summed E-state index contributed by atoms with van der Waals surface area (Å²) in [6, 6.07) is 19.0. The highest BCUT2D eigenvalue weighted by molar-refractivity contribution is 5.94. The summed E-state index contributed by atoms with van der Waals surface area (Å²) < 4.78 is 15.3. The fraction of sp³-hybridized carbons (Fsp3) is 0.222. The maximum absolute atomic E-state index is 12.4. The van der Waals surface area contributed by atoms with Crippen molar-refractivity contribution in [2.75, 3.05) is 18.5 Å². The Labute approximate surface area is 204 Å². The third kappa shape index (κ3) is 7.60. The van der Waals surface area contributed by atoms with Crippen LogP contribution in [-0.4, -0.2) is 31.2 Å². The molecule has 0 aliphatic carbocycles. The van der Waals surface area contributed by atoms with E-state index in [2.05, 4.69) is 10.6 Å². The van der Waals surface area contributed by atoms with Gasteiger partial charge in [-0.1, -0.05) is 24.3 Å². The summed E-state index contributed by atoms with van der Waals surface area (Å²) in [6.45, 7) is 6.06. The predicted octanol–water partition coefficient (Wildman–Crippen LogP) is 4.79. The molecule has 0 heterocycles. The Morgan fingerprint density at radius 1 is 0.886 bits per heavy atom. The highest BCUT2D eigenvalue weighted by Crippen LogP contribution is 2.20. The molecule has 0 aromatic heterocycles. The Bertz CT molecular complexity index is 1170. The number of carbonyl (C=O) groups excluding carboxylic acids is 3. The third-order valence-electron chi connectivity index (χ3n) is 5.18. The number of hydrogen-bond acceptors (Lipinski definition) is 6. The molecule has 3 aromatic carbocycles. The lowest BCUT2D eigenvalue weighted by molar-refractivity contribution is -0.118. The van der Waals surface area contributed by atoms with Crippen molar-refractivity contribution in [1.29, 1.82) is 0 Å². The zero-order valence-corrected chi connectivity index (χ0v) is 19.9. The second-order valence-electron chi connectivity index (χ2n) is 7.72. The molecular weight excluding hydrogens is 448 g/mol. The van der Waals surface area contributed by atoms with Crippen molar-refractivity contribution in [2.24, 2.45) is 0 Å². The van der Waals surface area contributed by atoms with Gasteiger partial charge in [0, 0.05) is 17.8 Å². The number of amides is 2. The van der Waals surface area contributed by atoms with E-state index in [1.165, 1.54) is 12.1 Å². The average Bonchev–Trinajstić information content (AvgIpc) is 2.85. The molecule has 0 unspecified atom stereocenters. The molecule has 0 radical (unpaired) electrons. The molecule has 8 nitrogen and oxygen atoms in total. The van der Waals surface area contributed by atoms with Crippen LogP contribution in [0.4, 0.5) is 10.5 Å². The summed E-state index contributed by atoms with van der Waals surface area (Å²) in [5, 5.41) is 5.62. The van der Waals surface area contributed by atoms with Gasteiger partial charge in [-0.15, -0.1) is 0 Å². The molecule has 0 aliphatic rings. The van der Waals surface area contributed by atoms with Crippen molar-refractivity contribution in [2.45, 2.75) is 27.3 Å². The van der Waals surface area contributed by atoms with Crippen LogP contribution in [0.15, 0.2) is 66.7 Å². The van der Waals surface area contributed by atoms with Gasteiger partial charge in [-0.3, -0.25) is 9.59 Å². The molecule has 0 fully saturated rings. The van der Waals surface area contributed by atoms with Crippen molar-refractivity contribution in [3.05, 3.63) is 89.0 Å². The average molecular weight is 477 g/mol. The van der Waals surface area contributed by atoms with E-state index in [-0.39, 0.29) is 30.8 Å². The van der Waals surface area contributed by atoms with Crippen molar-refractivity contribution in [1.82, 2.24) is 5.32 Å². The van der Waals surface area contributed by atoms with Gasteiger partial charge in [-0.25, -0.2) is 4.79 Å².